The van der Waals surface area contributed by atoms with Crippen LogP contribution in [0, 0.1) is 5.82 Å². The summed E-state index contributed by atoms with van der Waals surface area (Å²) in [7, 11) is 0. The van der Waals surface area contributed by atoms with Crippen molar-refractivity contribution < 1.29 is 23.8 Å². The third-order valence-corrected chi connectivity index (χ3v) is 3.39. The molecule has 1 amide bonds. The molecule has 1 fully saturated rings. The van der Waals surface area contributed by atoms with Crippen molar-refractivity contribution in [2.24, 2.45) is 5.73 Å². The van der Waals surface area contributed by atoms with E-state index in [-0.39, 0.29) is 12.2 Å². The molecule has 0 radical (unpaired) electrons. The molecule has 2 rings (SSSR count). The van der Waals surface area contributed by atoms with Crippen LogP contribution in [-0.2, 0) is 16.1 Å². The summed E-state index contributed by atoms with van der Waals surface area (Å²) in [6.07, 6.45) is 0. The molecule has 114 valence electrons. The average Bonchev–Trinajstić information content (AvgIpc) is 2.36. The van der Waals surface area contributed by atoms with E-state index in [4.69, 9.17) is 15.6 Å². The molecule has 0 aliphatic carbocycles. The Balaban J connectivity index is 1.90. The molecule has 6 nitrogen and oxygen atoms in total. The monoisotopic (exact) mass is 296 g/mol. The Morgan fingerprint density at radius 2 is 2.14 bits per heavy atom. The summed E-state index contributed by atoms with van der Waals surface area (Å²) in [5.74, 6) is -2.16. The van der Waals surface area contributed by atoms with Gasteiger partial charge >= 0.3 is 5.97 Å². The van der Waals surface area contributed by atoms with Gasteiger partial charge in [-0.15, -0.1) is 0 Å². The van der Waals surface area contributed by atoms with Crippen molar-refractivity contribution in [2.75, 3.05) is 19.7 Å². The van der Waals surface area contributed by atoms with Crippen LogP contribution in [0.3, 0.4) is 0 Å². The molecular weight excluding hydrogens is 279 g/mol. The van der Waals surface area contributed by atoms with Gasteiger partial charge in [0.15, 0.2) is 0 Å². The number of nitrogens with zero attached hydrogens (tertiary/aromatic N) is 1. The van der Waals surface area contributed by atoms with E-state index in [0.717, 1.165) is 6.07 Å². The maximum Gasteiger partial charge on any atom is 0.329 e. The van der Waals surface area contributed by atoms with Crippen LogP contribution in [0.4, 0.5) is 4.39 Å². The topological polar surface area (TPSA) is 92.9 Å². The first-order valence-corrected chi connectivity index (χ1v) is 6.45. The van der Waals surface area contributed by atoms with Crippen LogP contribution < -0.4 is 5.73 Å². The minimum Gasteiger partial charge on any atom is -0.480 e. The predicted molar refractivity (Wildman–Crippen MR) is 72.2 cm³/mol. The van der Waals surface area contributed by atoms with E-state index in [0.29, 0.717) is 25.2 Å². The van der Waals surface area contributed by atoms with E-state index in [1.807, 2.05) is 11.8 Å². The van der Waals surface area contributed by atoms with Gasteiger partial charge < -0.3 is 15.6 Å². The molecule has 1 aliphatic rings. The molecule has 0 atom stereocenters. The zero-order valence-electron chi connectivity index (χ0n) is 11.6. The second kappa shape index (κ2) is 5.79. The first-order chi connectivity index (χ1) is 9.79. The van der Waals surface area contributed by atoms with Gasteiger partial charge in [0.05, 0.1) is 5.60 Å². The number of nitrogens with two attached hydrogens (primary N) is 1. The summed E-state index contributed by atoms with van der Waals surface area (Å²) in [5.41, 5.74) is 5.16. The van der Waals surface area contributed by atoms with Crippen molar-refractivity contribution in [3.05, 3.63) is 35.1 Å². The number of hydrogen-bond acceptors (Lipinski definition) is 4. The van der Waals surface area contributed by atoms with Crippen LogP contribution in [0.2, 0.25) is 0 Å². The molecule has 0 spiro atoms. The number of primary amides is 1. The molecule has 1 aliphatic heterocycles. The zero-order chi connectivity index (χ0) is 15.6. The molecule has 0 unspecified atom stereocenters. The third-order valence-electron chi connectivity index (χ3n) is 3.39. The molecule has 1 heterocycles. The van der Waals surface area contributed by atoms with Crippen molar-refractivity contribution in [2.45, 2.75) is 19.1 Å². The molecule has 7 heteroatoms. The molecule has 1 aromatic carbocycles. The van der Waals surface area contributed by atoms with Gasteiger partial charge in [-0.25, -0.2) is 9.18 Å². The lowest BCUT2D eigenvalue weighted by Crippen LogP contribution is -2.61. The highest BCUT2D eigenvalue weighted by Gasteiger charge is 2.40. The molecule has 0 aromatic heterocycles. The third kappa shape index (κ3) is 3.77. The summed E-state index contributed by atoms with van der Waals surface area (Å²) in [4.78, 5) is 23.3. The van der Waals surface area contributed by atoms with E-state index in [1.54, 1.807) is 0 Å². The number of ether oxygens (including phenoxy) is 1. The van der Waals surface area contributed by atoms with Gasteiger partial charge in [-0.1, -0.05) is 6.07 Å². The zero-order valence-corrected chi connectivity index (χ0v) is 11.6. The van der Waals surface area contributed by atoms with E-state index in [9.17, 15) is 14.0 Å². The van der Waals surface area contributed by atoms with E-state index < -0.39 is 23.3 Å². The Labute approximate surface area is 121 Å². The predicted octanol–water partition coefficient (Wildman–Crippen LogP) is 0.600. The fourth-order valence-corrected chi connectivity index (χ4v) is 2.41. The van der Waals surface area contributed by atoms with Crippen molar-refractivity contribution in [3.8, 4) is 0 Å². The van der Waals surface area contributed by atoms with Gasteiger partial charge in [-0.05, 0) is 19.1 Å². The van der Waals surface area contributed by atoms with Crippen molar-refractivity contribution in [1.82, 2.24) is 4.90 Å². The summed E-state index contributed by atoms with van der Waals surface area (Å²) < 4.78 is 19.1. The van der Waals surface area contributed by atoms with Gasteiger partial charge in [-0.2, -0.15) is 0 Å². The highest BCUT2D eigenvalue weighted by Crippen LogP contribution is 2.27. The quantitative estimate of drug-likeness (QED) is 0.802. The number of carbonyl (C=O) groups excluding carboxylic acids is 1. The van der Waals surface area contributed by atoms with Crippen molar-refractivity contribution >= 4 is 11.9 Å². The number of amides is 1. The number of hydrogen-bond donors (Lipinski definition) is 2. The van der Waals surface area contributed by atoms with Crippen LogP contribution in [0.15, 0.2) is 18.2 Å². The molecule has 0 bridgehead atoms. The second-order valence-electron chi connectivity index (χ2n) is 5.45. The minimum atomic E-state index is -1.01. The highest BCUT2D eigenvalue weighted by atomic mass is 19.1. The van der Waals surface area contributed by atoms with E-state index in [2.05, 4.69) is 0 Å². The van der Waals surface area contributed by atoms with E-state index >= 15 is 0 Å². The second-order valence-corrected chi connectivity index (χ2v) is 5.45. The number of carboxylic acids is 1. The maximum absolute atomic E-state index is 13.8. The number of aliphatic carboxylic acids is 1. The van der Waals surface area contributed by atoms with Gasteiger partial charge in [0.2, 0.25) is 5.91 Å². The lowest BCUT2D eigenvalue weighted by molar-refractivity contribution is -0.165. The normalized spacial score (nSPS) is 17.2. The molecule has 0 saturated carbocycles. The molecule has 21 heavy (non-hydrogen) atoms. The summed E-state index contributed by atoms with van der Waals surface area (Å²) in [6.45, 7) is 2.90. The van der Waals surface area contributed by atoms with Crippen LogP contribution >= 0.6 is 0 Å². The molecule has 1 aromatic rings. The van der Waals surface area contributed by atoms with Gasteiger partial charge in [0.25, 0.3) is 0 Å². The van der Waals surface area contributed by atoms with Crippen LogP contribution in [0.5, 0.6) is 0 Å². The average molecular weight is 296 g/mol. The summed E-state index contributed by atoms with van der Waals surface area (Å²) >= 11 is 0. The first-order valence-electron chi connectivity index (χ1n) is 6.45. The number of carboxylic acid groups (broad SMARTS) is 1. The minimum absolute atomic E-state index is 0.134. The molecule has 3 N–H and O–H groups in total. The number of likely N-dealkylation sites (tertiary alicyclic amines) is 1. The standard InChI is InChI=1S/C14H17FN2O4/c1-14(21-6-12(18)19)7-17(8-14)5-10-3-2-9(13(16)20)4-11(10)15/h2-4H,5-8H2,1H3,(H2,16,20)(H,18,19). The number of halogens is 1. The lowest BCUT2D eigenvalue weighted by Gasteiger charge is -2.47. The largest absolute Gasteiger partial charge is 0.480 e. The van der Waals surface area contributed by atoms with Gasteiger partial charge in [-0.3, -0.25) is 9.69 Å². The first kappa shape index (κ1) is 15.4. The smallest absolute Gasteiger partial charge is 0.329 e. The Hall–Kier alpha value is -1.99. The number of rotatable bonds is 6. The van der Waals surface area contributed by atoms with E-state index in [1.165, 1.54) is 12.1 Å². The Morgan fingerprint density at radius 1 is 1.48 bits per heavy atom. The number of carbonyl (C=O) groups is 2. The fraction of sp³-hybridized carbons (Fsp3) is 0.429. The lowest BCUT2D eigenvalue weighted by atomic mass is 9.95. The van der Waals surface area contributed by atoms with Crippen LogP contribution in [0.1, 0.15) is 22.8 Å². The number of benzene rings is 1. The Bertz CT molecular complexity index is 570. The Kier molecular flexibility index (Phi) is 4.24. The summed E-state index contributed by atoms with van der Waals surface area (Å²) in [6, 6.07) is 4.14. The van der Waals surface area contributed by atoms with Crippen molar-refractivity contribution in [3.63, 3.8) is 0 Å². The maximum atomic E-state index is 13.8. The molecular formula is C14H17FN2O4. The summed E-state index contributed by atoms with van der Waals surface area (Å²) in [5, 5.41) is 8.58. The van der Waals surface area contributed by atoms with Gasteiger partial charge in [0, 0.05) is 30.8 Å². The van der Waals surface area contributed by atoms with Crippen molar-refractivity contribution in [1.29, 1.82) is 0 Å². The van der Waals surface area contributed by atoms with Gasteiger partial charge in [0.1, 0.15) is 12.4 Å². The van der Waals surface area contributed by atoms with Crippen LogP contribution in [0.25, 0.3) is 0 Å². The SMILES string of the molecule is CC1(OCC(=O)O)CN(Cc2ccc(C(N)=O)cc2F)C1. The fourth-order valence-electron chi connectivity index (χ4n) is 2.41. The highest BCUT2D eigenvalue weighted by molar-refractivity contribution is 5.92. The molecule has 1 saturated heterocycles. The Morgan fingerprint density at radius 3 is 2.67 bits per heavy atom. The van der Waals surface area contributed by atoms with Crippen LogP contribution in [-0.4, -0.2) is 47.2 Å².